The maximum atomic E-state index is 13.6. The summed E-state index contributed by atoms with van der Waals surface area (Å²) in [7, 11) is 1.60. The number of para-hydroxylation sites is 2. The molecule has 0 aliphatic carbocycles. The molecule has 5 rings (SSSR count). The van der Waals surface area contributed by atoms with Gasteiger partial charge in [-0.1, -0.05) is 58.0 Å². The lowest BCUT2D eigenvalue weighted by Gasteiger charge is -2.31. The van der Waals surface area contributed by atoms with Gasteiger partial charge < -0.3 is 30.2 Å². The number of likely N-dealkylation sites (tertiary alicyclic amines) is 1. The normalized spacial score (nSPS) is 18.2. The summed E-state index contributed by atoms with van der Waals surface area (Å²) in [5, 5.41) is 7.78. The molecule has 4 aromatic rings. The van der Waals surface area contributed by atoms with Crippen molar-refractivity contribution in [2.75, 3.05) is 20.2 Å². The predicted octanol–water partition coefficient (Wildman–Crippen LogP) is 4.47. The third kappa shape index (κ3) is 5.41. The van der Waals surface area contributed by atoms with Crippen LogP contribution in [-0.2, 0) is 4.79 Å². The van der Waals surface area contributed by atoms with Crippen LogP contribution in [0.3, 0.4) is 0 Å². The van der Waals surface area contributed by atoms with Gasteiger partial charge in [-0.25, -0.2) is 0 Å². The highest BCUT2D eigenvalue weighted by Gasteiger charge is 2.37. The van der Waals surface area contributed by atoms with Gasteiger partial charge in [-0.15, -0.1) is 0 Å². The Morgan fingerprint density at radius 2 is 1.75 bits per heavy atom. The van der Waals surface area contributed by atoms with Crippen molar-refractivity contribution in [2.24, 2.45) is 11.3 Å². The zero-order valence-corrected chi connectivity index (χ0v) is 23.6. The fourth-order valence-corrected chi connectivity index (χ4v) is 5.56. The Kier molecular flexibility index (Phi) is 7.31. The number of benzene rings is 2. The van der Waals surface area contributed by atoms with Crippen LogP contribution in [0.15, 0.2) is 54.6 Å². The van der Waals surface area contributed by atoms with Crippen molar-refractivity contribution in [3.05, 3.63) is 66.0 Å². The third-order valence-corrected chi connectivity index (χ3v) is 7.64. The monoisotopic (exact) mass is 543 g/mol. The Morgan fingerprint density at radius 1 is 1.02 bits per heavy atom. The molecule has 1 fully saturated rings. The van der Waals surface area contributed by atoms with Gasteiger partial charge in [0.2, 0.25) is 5.91 Å². The molecule has 3 amide bonds. The average molecular weight is 544 g/mol. The number of aromatic amines is 2. The molecule has 9 heteroatoms. The van der Waals surface area contributed by atoms with Crippen LogP contribution >= 0.6 is 0 Å². The number of rotatable bonds is 7. The Bertz CT molecular complexity index is 1530. The third-order valence-electron chi connectivity index (χ3n) is 7.64. The van der Waals surface area contributed by atoms with E-state index in [1.165, 1.54) is 0 Å². The zero-order chi connectivity index (χ0) is 28.6. The van der Waals surface area contributed by atoms with Crippen molar-refractivity contribution in [1.29, 1.82) is 0 Å². The van der Waals surface area contributed by atoms with E-state index in [4.69, 9.17) is 4.74 Å². The number of hydrogen-bond acceptors (Lipinski definition) is 4. The summed E-state index contributed by atoms with van der Waals surface area (Å²) >= 11 is 0. The number of nitrogens with zero attached hydrogens (tertiary/aromatic N) is 1. The molecule has 3 heterocycles. The van der Waals surface area contributed by atoms with Crippen LogP contribution in [0.4, 0.5) is 0 Å². The summed E-state index contributed by atoms with van der Waals surface area (Å²) in [6.45, 7) is 8.76. The molecule has 9 nitrogen and oxygen atoms in total. The van der Waals surface area contributed by atoms with Crippen molar-refractivity contribution < 1.29 is 19.1 Å². The van der Waals surface area contributed by atoms with Gasteiger partial charge in [-0.2, -0.15) is 0 Å². The molecule has 1 aliphatic rings. The largest absolute Gasteiger partial charge is 0.495 e. The molecule has 1 saturated heterocycles. The Hall–Kier alpha value is -4.27. The summed E-state index contributed by atoms with van der Waals surface area (Å²) in [4.78, 5) is 48.3. The molecule has 0 saturated carbocycles. The lowest BCUT2D eigenvalue weighted by Crippen LogP contribution is -2.55. The number of nitrogens with one attached hydrogen (secondary N) is 4. The first kappa shape index (κ1) is 27.3. The van der Waals surface area contributed by atoms with E-state index in [0.29, 0.717) is 36.1 Å². The van der Waals surface area contributed by atoms with E-state index in [1.807, 2.05) is 74.2 Å². The lowest BCUT2D eigenvalue weighted by atomic mass is 9.86. The van der Waals surface area contributed by atoms with Crippen LogP contribution < -0.4 is 15.4 Å². The average Bonchev–Trinajstić information content (AvgIpc) is 3.65. The number of fused-ring (bicyclic) bond motifs is 2. The Morgan fingerprint density at radius 3 is 2.48 bits per heavy atom. The van der Waals surface area contributed by atoms with Crippen molar-refractivity contribution in [2.45, 2.75) is 46.2 Å². The van der Waals surface area contributed by atoms with Gasteiger partial charge in [0.05, 0.1) is 12.6 Å². The number of hydrogen-bond donors (Lipinski definition) is 4. The van der Waals surface area contributed by atoms with Gasteiger partial charge >= 0.3 is 0 Å². The van der Waals surface area contributed by atoms with Gasteiger partial charge in [0.25, 0.3) is 11.8 Å². The van der Waals surface area contributed by atoms with E-state index in [9.17, 15) is 14.4 Å². The van der Waals surface area contributed by atoms with Crippen LogP contribution in [0, 0.1) is 11.3 Å². The molecule has 0 spiro atoms. The summed E-state index contributed by atoms with van der Waals surface area (Å²) in [5.74, 6) is 0.246. The van der Waals surface area contributed by atoms with E-state index in [2.05, 4.69) is 27.5 Å². The smallest absolute Gasteiger partial charge is 0.270 e. The first-order valence-corrected chi connectivity index (χ1v) is 13.7. The topological polar surface area (TPSA) is 119 Å². The molecule has 4 N–H and O–H groups in total. The second kappa shape index (κ2) is 10.7. The second-order valence-corrected chi connectivity index (χ2v) is 11.8. The molecule has 0 unspecified atom stereocenters. The van der Waals surface area contributed by atoms with Crippen molar-refractivity contribution in [3.63, 3.8) is 0 Å². The number of H-pyrrole nitrogens is 2. The number of aromatic nitrogens is 2. The molecule has 2 aromatic heterocycles. The quantitative estimate of drug-likeness (QED) is 0.275. The van der Waals surface area contributed by atoms with E-state index in [1.54, 1.807) is 13.2 Å². The van der Waals surface area contributed by atoms with Crippen LogP contribution in [0.25, 0.3) is 21.8 Å². The Labute approximate surface area is 233 Å². The maximum absolute atomic E-state index is 13.6. The minimum atomic E-state index is -0.768. The van der Waals surface area contributed by atoms with E-state index >= 15 is 0 Å². The zero-order valence-electron chi connectivity index (χ0n) is 23.6. The number of carbonyl (C=O) groups is 3. The van der Waals surface area contributed by atoms with Crippen LogP contribution in [0.1, 0.15) is 55.1 Å². The molecule has 0 radical (unpaired) electrons. The molecule has 3 atom stereocenters. The molecule has 40 heavy (non-hydrogen) atoms. The standard InChI is InChI=1S/C31H37N5O4/c1-18-13-21(36(17-18)30(39)24-15-20-10-8-12-25(40-5)26(20)34-24)16-32-29(38)27(31(2,3)4)35-28(37)23-14-19-9-6-7-11-22(19)33-23/h6-12,14-15,18,21,27,33-34H,13,16-17H2,1-5H3,(H,32,38)(H,35,37)/t18-,21-,27+/m0/s1. The van der Waals surface area contributed by atoms with Gasteiger partial charge in [0.1, 0.15) is 23.2 Å². The maximum Gasteiger partial charge on any atom is 0.270 e. The summed E-state index contributed by atoms with van der Waals surface area (Å²) in [6, 6.07) is 16.0. The molecular weight excluding hydrogens is 506 g/mol. The lowest BCUT2D eigenvalue weighted by molar-refractivity contribution is -0.125. The highest BCUT2D eigenvalue weighted by atomic mass is 16.5. The summed E-state index contributed by atoms with van der Waals surface area (Å²) < 4.78 is 5.43. The fourth-order valence-electron chi connectivity index (χ4n) is 5.56. The van der Waals surface area contributed by atoms with Gasteiger partial charge in [0, 0.05) is 35.4 Å². The van der Waals surface area contributed by atoms with E-state index in [0.717, 1.165) is 28.2 Å². The van der Waals surface area contributed by atoms with E-state index in [-0.39, 0.29) is 23.8 Å². The number of methoxy groups -OCH3 is 1. The molecule has 2 aromatic carbocycles. The van der Waals surface area contributed by atoms with Gasteiger partial charge in [-0.3, -0.25) is 14.4 Å². The minimum absolute atomic E-state index is 0.110. The molecule has 210 valence electrons. The summed E-state index contributed by atoms with van der Waals surface area (Å²) in [6.07, 6.45) is 0.775. The minimum Gasteiger partial charge on any atom is -0.495 e. The van der Waals surface area contributed by atoms with Crippen molar-refractivity contribution in [3.8, 4) is 5.75 Å². The predicted molar refractivity (Wildman–Crippen MR) is 155 cm³/mol. The fraction of sp³-hybridized carbons (Fsp3) is 0.387. The number of amides is 3. The van der Waals surface area contributed by atoms with Crippen molar-refractivity contribution in [1.82, 2.24) is 25.5 Å². The second-order valence-electron chi connectivity index (χ2n) is 11.8. The Balaban J connectivity index is 1.28. The van der Waals surface area contributed by atoms with Crippen LogP contribution in [0.5, 0.6) is 5.75 Å². The highest BCUT2D eigenvalue weighted by molar-refractivity contribution is 6.01. The van der Waals surface area contributed by atoms with Crippen molar-refractivity contribution >= 4 is 39.5 Å². The van der Waals surface area contributed by atoms with E-state index < -0.39 is 11.5 Å². The van der Waals surface area contributed by atoms with Gasteiger partial charge in [0.15, 0.2) is 0 Å². The van der Waals surface area contributed by atoms with Crippen LogP contribution in [0.2, 0.25) is 0 Å². The molecule has 1 aliphatic heterocycles. The highest BCUT2D eigenvalue weighted by Crippen LogP contribution is 2.29. The summed E-state index contributed by atoms with van der Waals surface area (Å²) in [5.41, 5.74) is 2.00. The SMILES string of the molecule is COc1cccc2cc(C(=O)N3C[C@@H](C)C[C@H]3CNC(=O)[C@@H](NC(=O)c3cc4ccccc4[nH]3)C(C)(C)C)[nH]c12. The molecule has 0 bridgehead atoms. The number of carbonyl (C=O) groups excluding carboxylic acids is 3. The first-order chi connectivity index (χ1) is 19.0. The van der Waals surface area contributed by atoms with Crippen LogP contribution in [-0.4, -0.2) is 64.9 Å². The first-order valence-electron chi connectivity index (χ1n) is 13.7. The molecular formula is C31H37N5O4. The van der Waals surface area contributed by atoms with Gasteiger partial charge in [-0.05, 0) is 42.0 Å². The number of ether oxygens (including phenoxy) is 1.